The van der Waals surface area contributed by atoms with Crippen molar-refractivity contribution in [1.82, 2.24) is 5.32 Å². The minimum atomic E-state index is -0.964. The van der Waals surface area contributed by atoms with Crippen LogP contribution in [-0.4, -0.2) is 51.2 Å². The molecule has 268 valence electrons. The first-order valence-corrected chi connectivity index (χ1v) is 18.6. The van der Waals surface area contributed by atoms with Gasteiger partial charge >= 0.3 is 5.97 Å². The smallest absolute Gasteiger partial charge is 0.317 e. The number of carbonyl (C=O) groups is 1. The van der Waals surface area contributed by atoms with Crippen LogP contribution < -0.4 is 10.1 Å². The highest BCUT2D eigenvalue weighted by atomic mass is 32.2. The summed E-state index contributed by atoms with van der Waals surface area (Å²) >= 11 is 3.63. The van der Waals surface area contributed by atoms with Crippen molar-refractivity contribution in [2.45, 2.75) is 159 Å². The molecule has 1 atom stereocenters. The Morgan fingerprint density at radius 3 is 1.55 bits per heavy atom. The summed E-state index contributed by atoms with van der Waals surface area (Å²) < 4.78 is 6.17. The van der Waals surface area contributed by atoms with Crippen molar-refractivity contribution < 1.29 is 24.9 Å². The third-order valence-electron chi connectivity index (χ3n) is 7.99. The Labute approximate surface area is 295 Å². The molecule has 47 heavy (non-hydrogen) atoms. The maximum absolute atomic E-state index is 11.3. The van der Waals surface area contributed by atoms with Crippen LogP contribution in [0.5, 0.6) is 11.5 Å². The van der Waals surface area contributed by atoms with Crippen molar-refractivity contribution in [2.75, 3.05) is 19.7 Å². The van der Waals surface area contributed by atoms with Crippen molar-refractivity contribution >= 4 is 29.5 Å². The zero-order valence-electron chi connectivity index (χ0n) is 32.2. The van der Waals surface area contributed by atoms with E-state index in [4.69, 9.17) is 9.84 Å². The number of aliphatic hydroxyl groups is 1. The van der Waals surface area contributed by atoms with Gasteiger partial charge in [-0.25, -0.2) is 0 Å². The molecule has 0 aromatic heterocycles. The summed E-state index contributed by atoms with van der Waals surface area (Å²) in [4.78, 5) is 13.2. The maximum Gasteiger partial charge on any atom is 0.317 e. The van der Waals surface area contributed by atoms with Crippen molar-refractivity contribution in [1.29, 1.82) is 0 Å². The molecule has 0 aliphatic heterocycles. The van der Waals surface area contributed by atoms with Crippen LogP contribution in [0.2, 0.25) is 0 Å². The Kier molecular flexibility index (Phi) is 15.3. The predicted molar refractivity (Wildman–Crippen MR) is 203 cm³/mol. The molecular formula is C39H65NO5S2. The van der Waals surface area contributed by atoms with E-state index in [1.807, 2.05) is 37.4 Å². The Morgan fingerprint density at radius 2 is 1.17 bits per heavy atom. The van der Waals surface area contributed by atoms with Crippen LogP contribution in [0.15, 0.2) is 34.1 Å². The highest BCUT2D eigenvalue weighted by Gasteiger charge is 2.33. The van der Waals surface area contributed by atoms with Crippen LogP contribution in [0.4, 0.5) is 0 Å². The van der Waals surface area contributed by atoms with Crippen LogP contribution in [0.3, 0.4) is 0 Å². The number of phenolic OH excluding ortho intramolecular Hbond substituents is 1. The maximum atomic E-state index is 11.3. The van der Waals surface area contributed by atoms with Gasteiger partial charge in [-0.2, -0.15) is 0 Å². The van der Waals surface area contributed by atoms with Gasteiger partial charge in [0.25, 0.3) is 0 Å². The predicted octanol–water partition coefficient (Wildman–Crippen LogP) is 10.0. The van der Waals surface area contributed by atoms with E-state index in [1.54, 1.807) is 0 Å². The molecule has 0 aliphatic rings. The van der Waals surface area contributed by atoms with Gasteiger partial charge in [0.05, 0.1) is 10.6 Å². The first kappa shape index (κ1) is 43.2. The molecule has 1 unspecified atom stereocenters. The number of hydrogen-bond donors (Lipinski definition) is 4. The normalized spacial score (nSPS) is 13.6. The number of ether oxygens (including phenoxy) is 1. The van der Waals surface area contributed by atoms with Gasteiger partial charge in [-0.05, 0) is 66.2 Å². The fourth-order valence-corrected chi connectivity index (χ4v) is 7.64. The first-order valence-electron chi connectivity index (χ1n) is 17.0. The van der Waals surface area contributed by atoms with E-state index < -0.39 is 12.1 Å². The number of aliphatic hydroxyl groups excluding tert-OH is 1. The van der Waals surface area contributed by atoms with Gasteiger partial charge in [0.2, 0.25) is 0 Å². The first-order chi connectivity index (χ1) is 21.3. The number of phenols is 1. The minimum Gasteiger partial charge on any atom is -0.507 e. The van der Waals surface area contributed by atoms with Crippen LogP contribution in [0, 0.1) is 0 Å². The summed E-state index contributed by atoms with van der Waals surface area (Å²) in [6.45, 7) is 34.5. The molecule has 8 heteroatoms. The number of benzene rings is 2. The molecule has 6 nitrogen and oxygen atoms in total. The number of carboxylic acid groups (broad SMARTS) is 1. The summed E-state index contributed by atoms with van der Waals surface area (Å²) in [5.41, 5.74) is 3.28. The number of thioether (sulfide) groups is 2. The average Bonchev–Trinajstić information content (AvgIpc) is 2.91. The second-order valence-electron chi connectivity index (χ2n) is 16.3. The zero-order chi connectivity index (χ0) is 36.8. The molecule has 2 rings (SSSR count). The number of hydrogen-bond acceptors (Lipinski definition) is 7. The Morgan fingerprint density at radius 1 is 0.766 bits per heavy atom. The number of aliphatic carboxylic acids is 1. The quantitative estimate of drug-likeness (QED) is 0.122. The molecule has 0 heterocycles. The van der Waals surface area contributed by atoms with Crippen LogP contribution in [-0.2, 0) is 26.5 Å². The molecule has 0 spiro atoms. The lowest BCUT2D eigenvalue weighted by atomic mass is 9.77. The van der Waals surface area contributed by atoms with Gasteiger partial charge in [0.1, 0.15) is 24.2 Å². The highest BCUT2D eigenvalue weighted by Crippen LogP contribution is 2.51. The fourth-order valence-electron chi connectivity index (χ4n) is 5.05. The van der Waals surface area contributed by atoms with E-state index in [-0.39, 0.29) is 45.4 Å². The summed E-state index contributed by atoms with van der Waals surface area (Å²) in [6.07, 6.45) is 0.0565. The summed E-state index contributed by atoms with van der Waals surface area (Å²) in [5, 5.41) is 33.5. The molecule has 2 aromatic carbocycles. The largest absolute Gasteiger partial charge is 0.507 e. The van der Waals surface area contributed by atoms with E-state index in [2.05, 4.69) is 127 Å². The van der Waals surface area contributed by atoms with Crippen molar-refractivity contribution in [3.63, 3.8) is 0 Å². The second-order valence-corrected chi connectivity index (χ2v) is 19.9. The lowest BCUT2D eigenvalue weighted by molar-refractivity contribution is -0.136. The number of aromatic hydroxyl groups is 1. The van der Waals surface area contributed by atoms with Gasteiger partial charge < -0.3 is 25.4 Å². The molecule has 0 saturated heterocycles. The van der Waals surface area contributed by atoms with E-state index in [1.165, 1.54) is 0 Å². The molecule has 0 bridgehead atoms. The van der Waals surface area contributed by atoms with Gasteiger partial charge in [-0.15, -0.1) is 23.5 Å². The van der Waals surface area contributed by atoms with Gasteiger partial charge in [0, 0.05) is 38.6 Å². The summed E-state index contributed by atoms with van der Waals surface area (Å²) in [7, 11) is 0. The number of nitrogens with one attached hydrogen (secondary N) is 1. The molecule has 4 N–H and O–H groups in total. The topological polar surface area (TPSA) is 99.0 Å². The zero-order valence-corrected chi connectivity index (χ0v) is 33.8. The van der Waals surface area contributed by atoms with Crippen molar-refractivity contribution in [3.8, 4) is 11.5 Å². The van der Waals surface area contributed by atoms with E-state index >= 15 is 0 Å². The Bertz CT molecular complexity index is 1300. The Hall–Kier alpha value is -1.87. The molecule has 0 radical (unpaired) electrons. The van der Waals surface area contributed by atoms with Gasteiger partial charge in [0.15, 0.2) is 0 Å². The molecule has 0 fully saturated rings. The third-order valence-corrected chi connectivity index (χ3v) is 10.4. The van der Waals surface area contributed by atoms with E-state index in [9.17, 15) is 15.0 Å². The van der Waals surface area contributed by atoms with Crippen LogP contribution in [0.1, 0.15) is 139 Å². The molecule has 0 saturated carbocycles. The second kappa shape index (κ2) is 16.7. The van der Waals surface area contributed by atoms with Gasteiger partial charge in [-0.1, -0.05) is 96.9 Å². The Balaban J connectivity index is 0.00000541. The highest BCUT2D eigenvalue weighted by molar-refractivity contribution is 8.18. The number of carboxylic acids is 1. The molecule has 2 aromatic rings. The molecular weight excluding hydrogens is 627 g/mol. The standard InChI is InChI=1S/C37H59NO5S2.C2H6/c1-15-36(11,12)29-19-25(18-28(35(8,9)10)32(29)43-22-23(39)20-38-21-30(40)41)45-37(13,14)44-24-16-26(33(2,3)4)31(42)27(17-24)34(5,6)7;1-2/h16-19,23,38-39,42H,15,20-22H2,1-14H3,(H,40,41);1-2H3. The van der Waals surface area contributed by atoms with E-state index in [0.29, 0.717) is 5.75 Å². The minimum absolute atomic E-state index is 0.0589. The van der Waals surface area contributed by atoms with Crippen molar-refractivity contribution in [2.24, 2.45) is 0 Å². The van der Waals surface area contributed by atoms with Gasteiger partial charge in [-0.3, -0.25) is 4.79 Å². The molecule has 0 amide bonds. The SMILES string of the molecule is CC.CCC(C)(C)c1cc(SC(C)(C)Sc2cc(C(C)(C)C)c(O)c(C(C)(C)C)c2)cc(C(C)(C)C)c1OCC(O)CNCC(=O)O. The van der Waals surface area contributed by atoms with Crippen LogP contribution in [0.25, 0.3) is 0 Å². The lowest BCUT2D eigenvalue weighted by Crippen LogP contribution is -2.35. The fraction of sp³-hybridized carbons (Fsp3) is 0.667. The summed E-state index contributed by atoms with van der Waals surface area (Å²) in [5.74, 6) is 0.225. The third kappa shape index (κ3) is 12.8. The summed E-state index contributed by atoms with van der Waals surface area (Å²) in [6, 6.07) is 8.77. The van der Waals surface area contributed by atoms with Crippen molar-refractivity contribution in [3.05, 3.63) is 46.5 Å². The lowest BCUT2D eigenvalue weighted by Gasteiger charge is -2.34. The van der Waals surface area contributed by atoms with E-state index in [0.717, 1.165) is 44.2 Å². The monoisotopic (exact) mass is 691 g/mol. The van der Waals surface area contributed by atoms with Crippen LogP contribution >= 0.6 is 23.5 Å². The number of rotatable bonds is 13. The molecule has 0 aliphatic carbocycles. The average molecular weight is 692 g/mol.